The molecule has 2 aliphatic rings. The third kappa shape index (κ3) is 6.67. The summed E-state index contributed by atoms with van der Waals surface area (Å²) < 4.78 is 30.3. The normalized spacial score (nSPS) is 20.2. The Morgan fingerprint density at radius 3 is 2.51 bits per heavy atom. The molecule has 0 aromatic heterocycles. The Morgan fingerprint density at radius 1 is 1.14 bits per heavy atom. The number of nitrogens with one attached hydrogen (secondary N) is 2. The van der Waals surface area contributed by atoms with Gasteiger partial charge in [-0.25, -0.2) is 13.6 Å². The van der Waals surface area contributed by atoms with Gasteiger partial charge in [0.25, 0.3) is 5.92 Å². The zero-order valence-electron chi connectivity index (χ0n) is 21.2. The molecule has 37 heavy (non-hydrogen) atoms. The Labute approximate surface area is 216 Å². The predicted molar refractivity (Wildman–Crippen MR) is 143 cm³/mol. The summed E-state index contributed by atoms with van der Waals surface area (Å²) in [5.74, 6) is -2.07. The minimum Gasteiger partial charge on any atom is -0.399 e. The van der Waals surface area contributed by atoms with Crippen LogP contribution in [0.25, 0.3) is 0 Å². The molecule has 2 aromatic rings. The number of piperidine rings is 2. The third-order valence-corrected chi connectivity index (χ3v) is 7.46. The van der Waals surface area contributed by atoms with Crippen molar-refractivity contribution >= 4 is 28.9 Å². The monoisotopic (exact) mass is 511 g/mol. The highest BCUT2D eigenvalue weighted by molar-refractivity contribution is 5.91. The van der Waals surface area contributed by atoms with Crippen LogP contribution in [0, 0.1) is 6.92 Å². The SMILES string of the molecule is Cc1cc(N2CCC(N3CCC(c4ccc(N)cc4)C(F)(F)C3)CC2)ccc1NC(=O)CCNC=C=O. The number of nitrogens with zero attached hydrogens (tertiary/aromatic N) is 2. The molecule has 9 heteroatoms. The van der Waals surface area contributed by atoms with Crippen LogP contribution in [0.5, 0.6) is 0 Å². The van der Waals surface area contributed by atoms with E-state index in [1.807, 2.05) is 24.0 Å². The Kier molecular flexibility index (Phi) is 8.46. The van der Waals surface area contributed by atoms with E-state index in [0.29, 0.717) is 30.8 Å². The summed E-state index contributed by atoms with van der Waals surface area (Å²) >= 11 is 0. The zero-order chi connectivity index (χ0) is 26.4. The molecular formula is C28H35F2N5O2. The first-order valence-electron chi connectivity index (χ1n) is 12.8. The number of aryl methyl sites for hydroxylation is 1. The highest BCUT2D eigenvalue weighted by Gasteiger charge is 2.46. The summed E-state index contributed by atoms with van der Waals surface area (Å²) in [5, 5.41) is 5.60. The molecule has 0 aliphatic carbocycles. The third-order valence-electron chi connectivity index (χ3n) is 7.46. The maximum absolute atomic E-state index is 15.1. The standard InChI is InChI=1S/C28H35F2N5O2/c1-20-18-24(6-7-26(20)33-27(37)8-12-32-13-17-36)34-14-9-23(10-15-34)35-16-11-25(28(29,30)19-35)21-2-4-22(31)5-3-21/h2-7,13,18,23,25,32H,8-12,14-16,19,31H2,1H3,(H,33,37). The number of anilines is 3. The molecule has 2 aliphatic heterocycles. The van der Waals surface area contributed by atoms with E-state index in [0.717, 1.165) is 49.1 Å². The van der Waals surface area contributed by atoms with E-state index in [2.05, 4.69) is 21.6 Å². The Bertz CT molecular complexity index is 1130. The molecule has 2 heterocycles. The van der Waals surface area contributed by atoms with E-state index in [9.17, 15) is 9.59 Å². The molecule has 1 unspecified atom stereocenters. The van der Waals surface area contributed by atoms with Gasteiger partial charge < -0.3 is 21.3 Å². The van der Waals surface area contributed by atoms with Gasteiger partial charge in [0.1, 0.15) is 5.94 Å². The summed E-state index contributed by atoms with van der Waals surface area (Å²) in [4.78, 5) is 26.5. The van der Waals surface area contributed by atoms with Crippen LogP contribution in [-0.2, 0) is 9.59 Å². The first kappa shape index (κ1) is 26.6. The lowest BCUT2D eigenvalue weighted by molar-refractivity contribution is -0.116. The number of hydrogen-bond acceptors (Lipinski definition) is 6. The number of halogens is 2. The molecule has 0 bridgehead atoms. The van der Waals surface area contributed by atoms with Crippen molar-refractivity contribution in [3.8, 4) is 0 Å². The number of alkyl halides is 2. The van der Waals surface area contributed by atoms with Crippen molar-refractivity contribution in [3.63, 3.8) is 0 Å². The summed E-state index contributed by atoms with van der Waals surface area (Å²) in [6.45, 7) is 4.37. The van der Waals surface area contributed by atoms with Crippen molar-refractivity contribution in [1.82, 2.24) is 10.2 Å². The fourth-order valence-electron chi connectivity index (χ4n) is 5.40. The molecule has 2 fully saturated rings. The average Bonchev–Trinajstić information content (AvgIpc) is 2.88. The second-order valence-electron chi connectivity index (χ2n) is 9.97. The largest absolute Gasteiger partial charge is 0.399 e. The highest BCUT2D eigenvalue weighted by atomic mass is 19.3. The Hall–Kier alpha value is -3.42. The predicted octanol–water partition coefficient (Wildman–Crippen LogP) is 3.93. The lowest BCUT2D eigenvalue weighted by Gasteiger charge is -2.45. The van der Waals surface area contributed by atoms with E-state index in [1.165, 1.54) is 0 Å². The molecule has 1 atom stereocenters. The van der Waals surface area contributed by atoms with E-state index in [4.69, 9.17) is 5.73 Å². The van der Waals surface area contributed by atoms with Crippen LogP contribution in [0.2, 0.25) is 0 Å². The van der Waals surface area contributed by atoms with E-state index >= 15 is 8.78 Å². The summed E-state index contributed by atoms with van der Waals surface area (Å²) in [6, 6.07) is 12.9. The van der Waals surface area contributed by atoms with Gasteiger partial charge in [-0.3, -0.25) is 9.69 Å². The molecule has 2 saturated heterocycles. The molecule has 1 amide bonds. The lowest BCUT2D eigenvalue weighted by atomic mass is 9.85. The fraction of sp³-hybridized carbons (Fsp3) is 0.464. The van der Waals surface area contributed by atoms with Gasteiger partial charge in [-0.1, -0.05) is 12.1 Å². The first-order valence-corrected chi connectivity index (χ1v) is 12.8. The van der Waals surface area contributed by atoms with E-state index in [1.54, 1.807) is 30.2 Å². The zero-order valence-corrected chi connectivity index (χ0v) is 21.2. The van der Waals surface area contributed by atoms with Gasteiger partial charge in [0.2, 0.25) is 5.91 Å². The van der Waals surface area contributed by atoms with Gasteiger partial charge in [-0.15, -0.1) is 0 Å². The molecule has 0 saturated carbocycles. The number of amides is 1. The number of nitrogen functional groups attached to an aromatic ring is 1. The van der Waals surface area contributed by atoms with Gasteiger partial charge in [-0.2, -0.15) is 0 Å². The van der Waals surface area contributed by atoms with Crippen LogP contribution in [-0.4, -0.2) is 61.4 Å². The van der Waals surface area contributed by atoms with Crippen molar-refractivity contribution in [2.45, 2.75) is 50.5 Å². The number of likely N-dealkylation sites (tertiary alicyclic amines) is 1. The van der Waals surface area contributed by atoms with Gasteiger partial charge >= 0.3 is 0 Å². The maximum Gasteiger partial charge on any atom is 0.267 e. The molecule has 7 nitrogen and oxygen atoms in total. The molecule has 0 radical (unpaired) electrons. The molecule has 198 valence electrons. The van der Waals surface area contributed by atoms with Gasteiger partial charge in [0.05, 0.1) is 18.7 Å². The van der Waals surface area contributed by atoms with Crippen LogP contribution >= 0.6 is 0 Å². The second-order valence-corrected chi connectivity index (χ2v) is 9.97. The average molecular weight is 512 g/mol. The quantitative estimate of drug-likeness (QED) is 0.283. The van der Waals surface area contributed by atoms with Crippen LogP contribution in [0.1, 0.15) is 42.7 Å². The summed E-state index contributed by atoms with van der Waals surface area (Å²) in [7, 11) is 0. The Balaban J connectivity index is 1.29. The first-order chi connectivity index (χ1) is 17.8. The topological polar surface area (TPSA) is 90.7 Å². The van der Waals surface area contributed by atoms with Gasteiger partial charge in [-0.05, 0) is 74.2 Å². The number of rotatable bonds is 8. The fourth-order valence-corrected chi connectivity index (χ4v) is 5.40. The number of nitrogens with two attached hydrogens (primary N) is 1. The van der Waals surface area contributed by atoms with Crippen LogP contribution < -0.4 is 21.3 Å². The van der Waals surface area contributed by atoms with Crippen molar-refractivity contribution in [3.05, 3.63) is 59.8 Å². The second kappa shape index (κ2) is 11.8. The van der Waals surface area contributed by atoms with Crippen molar-refractivity contribution in [2.75, 3.05) is 48.7 Å². The number of benzene rings is 2. The van der Waals surface area contributed by atoms with E-state index < -0.39 is 11.8 Å². The molecule has 4 rings (SSSR count). The Morgan fingerprint density at radius 2 is 1.86 bits per heavy atom. The maximum atomic E-state index is 15.1. The van der Waals surface area contributed by atoms with Crippen LogP contribution in [0.3, 0.4) is 0 Å². The van der Waals surface area contributed by atoms with Crippen LogP contribution in [0.15, 0.2) is 48.7 Å². The number of carbonyl (C=O) groups excluding carboxylic acids is 2. The highest BCUT2D eigenvalue weighted by Crippen LogP contribution is 2.42. The molecular weight excluding hydrogens is 476 g/mol. The molecule has 4 N–H and O–H groups in total. The van der Waals surface area contributed by atoms with Crippen molar-refractivity contribution in [1.29, 1.82) is 0 Å². The van der Waals surface area contributed by atoms with Crippen molar-refractivity contribution in [2.24, 2.45) is 0 Å². The number of hydrogen-bond donors (Lipinski definition) is 3. The minimum atomic E-state index is -2.77. The molecule has 2 aromatic carbocycles. The van der Waals surface area contributed by atoms with Gasteiger partial charge in [0.15, 0.2) is 0 Å². The van der Waals surface area contributed by atoms with Crippen molar-refractivity contribution < 1.29 is 18.4 Å². The van der Waals surface area contributed by atoms with Gasteiger partial charge in [0, 0.05) is 49.2 Å². The summed E-state index contributed by atoms with van der Waals surface area (Å²) in [6.07, 6.45) is 3.49. The smallest absolute Gasteiger partial charge is 0.267 e. The number of carbonyl (C=O) groups is 1. The minimum absolute atomic E-state index is 0.138. The molecule has 0 spiro atoms. The van der Waals surface area contributed by atoms with Crippen LogP contribution in [0.4, 0.5) is 25.8 Å². The summed E-state index contributed by atoms with van der Waals surface area (Å²) in [5.41, 5.74) is 9.75. The van der Waals surface area contributed by atoms with E-state index in [-0.39, 0.29) is 24.9 Å². The lowest BCUT2D eigenvalue weighted by Crippen LogP contribution is -2.54.